The zero-order valence-corrected chi connectivity index (χ0v) is 18.9. The Bertz CT molecular complexity index is 1340. The number of fused-ring (bicyclic) bond motifs is 1. The summed E-state index contributed by atoms with van der Waals surface area (Å²) < 4.78 is 69.6. The summed E-state index contributed by atoms with van der Waals surface area (Å²) in [6.45, 7) is 2.27. The van der Waals surface area contributed by atoms with E-state index < -0.39 is 33.7 Å². The number of hydrogen-bond acceptors (Lipinski definition) is 5. The molecule has 1 fully saturated rings. The smallest absolute Gasteiger partial charge is 0.387 e. The van der Waals surface area contributed by atoms with Crippen LogP contribution in [-0.4, -0.2) is 47.8 Å². The van der Waals surface area contributed by atoms with E-state index >= 15 is 4.39 Å². The number of carbonyl (C=O) groups is 1. The molecule has 11 heteroatoms. The molecule has 33 heavy (non-hydrogen) atoms. The molecule has 0 radical (unpaired) electrons. The minimum atomic E-state index is -3.18. The quantitative estimate of drug-likeness (QED) is 0.576. The van der Waals surface area contributed by atoms with E-state index in [0.29, 0.717) is 11.1 Å². The maximum absolute atomic E-state index is 15.3. The first-order valence-corrected chi connectivity index (χ1v) is 12.0. The minimum Gasteiger partial charge on any atom is -0.435 e. The fourth-order valence-electron chi connectivity index (χ4n) is 4.11. The Morgan fingerprint density at radius 2 is 1.91 bits per heavy atom. The molecule has 3 aromatic rings. The number of hydrogen-bond donors (Lipinski definition) is 1. The first-order valence-electron chi connectivity index (χ1n) is 10.2. The van der Waals surface area contributed by atoms with Gasteiger partial charge in [-0.15, -0.1) is 0 Å². The van der Waals surface area contributed by atoms with E-state index in [9.17, 15) is 22.0 Å². The summed E-state index contributed by atoms with van der Waals surface area (Å²) in [7, 11) is -3.18. The molecule has 0 unspecified atom stereocenters. The molecule has 4 rings (SSSR count). The number of aromatic nitrogens is 2. The molecular formula is C22H22F3N3O4S. The predicted molar refractivity (Wildman–Crippen MR) is 117 cm³/mol. The van der Waals surface area contributed by atoms with Gasteiger partial charge >= 0.3 is 6.61 Å². The Morgan fingerprint density at radius 1 is 1.21 bits per heavy atom. The molecule has 1 N–H and O–H groups in total. The van der Waals surface area contributed by atoms with Crippen LogP contribution in [0.5, 0.6) is 5.75 Å². The summed E-state index contributed by atoms with van der Waals surface area (Å²) >= 11 is 0. The lowest BCUT2D eigenvalue weighted by Gasteiger charge is -2.38. The molecule has 1 saturated heterocycles. The molecule has 0 saturated carbocycles. The Kier molecular flexibility index (Phi) is 5.63. The second-order valence-electron chi connectivity index (χ2n) is 8.69. The number of rotatable bonds is 6. The van der Waals surface area contributed by atoms with Gasteiger partial charge in [0.2, 0.25) is 0 Å². The molecule has 0 atom stereocenters. The molecule has 7 nitrogen and oxygen atoms in total. The third kappa shape index (κ3) is 4.54. The average Bonchev–Trinajstić information content (AvgIpc) is 3.06. The topological polar surface area (TPSA) is 90.3 Å². The van der Waals surface area contributed by atoms with Gasteiger partial charge in [-0.1, -0.05) is 12.1 Å². The Hall–Kier alpha value is -3.08. The van der Waals surface area contributed by atoms with Crippen molar-refractivity contribution >= 4 is 26.6 Å². The molecule has 1 amide bonds. The van der Waals surface area contributed by atoms with Crippen molar-refractivity contribution in [1.82, 2.24) is 15.1 Å². The van der Waals surface area contributed by atoms with Gasteiger partial charge in [0.15, 0.2) is 9.84 Å². The summed E-state index contributed by atoms with van der Waals surface area (Å²) in [5.74, 6) is -1.76. The second kappa shape index (κ2) is 8.05. The van der Waals surface area contributed by atoms with Crippen LogP contribution in [0.1, 0.15) is 37.2 Å². The zero-order chi connectivity index (χ0) is 24.1. The van der Waals surface area contributed by atoms with Crippen molar-refractivity contribution in [2.24, 2.45) is 0 Å². The highest BCUT2D eigenvalue weighted by Gasteiger charge is 2.45. The molecule has 2 aromatic carbocycles. The zero-order valence-electron chi connectivity index (χ0n) is 18.1. The van der Waals surface area contributed by atoms with Crippen LogP contribution in [-0.2, 0) is 9.84 Å². The SMILES string of the molecule is CC(C)n1nc(-c2cccc(OC(F)F)c2)c2c(F)cc(C(=O)NC3(C)CS(=O)(=O)C3)cc21. The number of carbonyl (C=O) groups excluding carboxylic acids is 1. The summed E-state index contributed by atoms with van der Waals surface area (Å²) in [4.78, 5) is 12.8. The number of amides is 1. The van der Waals surface area contributed by atoms with Crippen molar-refractivity contribution in [3.63, 3.8) is 0 Å². The van der Waals surface area contributed by atoms with E-state index in [1.807, 2.05) is 13.8 Å². The normalized spacial score (nSPS) is 16.7. The fraction of sp³-hybridized carbons (Fsp3) is 0.364. The van der Waals surface area contributed by atoms with E-state index in [1.54, 1.807) is 17.7 Å². The van der Waals surface area contributed by atoms with Crippen LogP contribution < -0.4 is 10.1 Å². The average molecular weight is 481 g/mol. The van der Waals surface area contributed by atoms with E-state index in [4.69, 9.17) is 0 Å². The summed E-state index contributed by atoms with van der Waals surface area (Å²) in [6, 6.07) is 8.15. The van der Waals surface area contributed by atoms with Crippen molar-refractivity contribution in [2.75, 3.05) is 11.5 Å². The third-order valence-corrected chi connectivity index (χ3v) is 7.49. The van der Waals surface area contributed by atoms with Crippen molar-refractivity contribution in [3.8, 4) is 17.0 Å². The van der Waals surface area contributed by atoms with Gasteiger partial charge in [-0.05, 0) is 45.0 Å². The standard InChI is InChI=1S/C22H22F3N3O4S/c1-12(2)28-17-9-14(20(29)26-22(3)10-33(30,31)11-22)8-16(23)18(17)19(27-28)13-5-4-6-15(7-13)32-21(24)25/h4-9,12,21H,10-11H2,1-3H3,(H,26,29). The Morgan fingerprint density at radius 3 is 2.52 bits per heavy atom. The first kappa shape index (κ1) is 23.1. The third-order valence-electron chi connectivity index (χ3n) is 5.34. The van der Waals surface area contributed by atoms with Gasteiger partial charge in [0, 0.05) is 17.2 Å². The molecule has 0 aliphatic carbocycles. The number of nitrogens with one attached hydrogen (secondary N) is 1. The number of benzene rings is 2. The number of sulfone groups is 1. The molecule has 0 bridgehead atoms. The maximum atomic E-state index is 15.3. The molecule has 176 valence electrons. The number of alkyl halides is 2. The van der Waals surface area contributed by atoms with Crippen molar-refractivity contribution in [3.05, 3.63) is 47.8 Å². The lowest BCUT2D eigenvalue weighted by Crippen LogP contribution is -2.63. The summed E-state index contributed by atoms with van der Waals surface area (Å²) in [5, 5.41) is 7.28. The van der Waals surface area contributed by atoms with Crippen LogP contribution in [0.2, 0.25) is 0 Å². The highest BCUT2D eigenvalue weighted by atomic mass is 32.2. The van der Waals surface area contributed by atoms with Crippen molar-refractivity contribution < 1.29 is 31.1 Å². The van der Waals surface area contributed by atoms with Crippen LogP contribution in [0.25, 0.3) is 22.2 Å². The van der Waals surface area contributed by atoms with Gasteiger partial charge in [-0.25, -0.2) is 12.8 Å². The van der Waals surface area contributed by atoms with E-state index in [-0.39, 0.29) is 39.9 Å². The summed E-state index contributed by atoms with van der Waals surface area (Å²) in [6.07, 6.45) is 0. The highest BCUT2D eigenvalue weighted by molar-refractivity contribution is 7.93. The van der Waals surface area contributed by atoms with Crippen LogP contribution in [0.3, 0.4) is 0 Å². The van der Waals surface area contributed by atoms with E-state index in [1.165, 1.54) is 24.3 Å². The molecule has 2 heterocycles. The first-order chi connectivity index (χ1) is 15.4. The van der Waals surface area contributed by atoms with Gasteiger partial charge in [0.25, 0.3) is 5.91 Å². The number of nitrogens with zero attached hydrogens (tertiary/aromatic N) is 2. The van der Waals surface area contributed by atoms with Crippen molar-refractivity contribution in [2.45, 2.75) is 39.0 Å². The van der Waals surface area contributed by atoms with Gasteiger partial charge in [-0.3, -0.25) is 9.48 Å². The van der Waals surface area contributed by atoms with Gasteiger partial charge < -0.3 is 10.1 Å². The largest absolute Gasteiger partial charge is 0.435 e. The number of halogens is 3. The van der Waals surface area contributed by atoms with Crippen LogP contribution in [0, 0.1) is 5.82 Å². The van der Waals surface area contributed by atoms with Crippen LogP contribution in [0.4, 0.5) is 13.2 Å². The monoisotopic (exact) mass is 481 g/mol. The van der Waals surface area contributed by atoms with E-state index in [2.05, 4.69) is 15.2 Å². The molecule has 0 spiro atoms. The van der Waals surface area contributed by atoms with Crippen molar-refractivity contribution in [1.29, 1.82) is 0 Å². The van der Waals surface area contributed by atoms with Gasteiger partial charge in [-0.2, -0.15) is 13.9 Å². The van der Waals surface area contributed by atoms with Gasteiger partial charge in [0.1, 0.15) is 17.3 Å². The lowest BCUT2D eigenvalue weighted by atomic mass is 10.0. The summed E-state index contributed by atoms with van der Waals surface area (Å²) in [5.41, 5.74) is 0.0572. The van der Waals surface area contributed by atoms with Crippen LogP contribution >= 0.6 is 0 Å². The molecule has 1 aromatic heterocycles. The molecule has 1 aliphatic rings. The lowest BCUT2D eigenvalue weighted by molar-refractivity contribution is -0.0498. The number of ether oxygens (including phenoxy) is 1. The fourth-order valence-corrected chi connectivity index (χ4v) is 6.11. The van der Waals surface area contributed by atoms with E-state index in [0.717, 1.165) is 6.07 Å². The second-order valence-corrected chi connectivity index (χ2v) is 10.8. The Labute approximate surface area is 188 Å². The minimum absolute atomic E-state index is 0.0219. The molecular weight excluding hydrogens is 459 g/mol. The maximum Gasteiger partial charge on any atom is 0.387 e. The highest BCUT2D eigenvalue weighted by Crippen LogP contribution is 2.34. The molecule has 1 aliphatic heterocycles. The van der Waals surface area contributed by atoms with Gasteiger partial charge in [0.05, 0.1) is 27.9 Å². The van der Waals surface area contributed by atoms with Crippen LogP contribution in [0.15, 0.2) is 36.4 Å². The predicted octanol–water partition coefficient (Wildman–Crippen LogP) is 3.94. The Balaban J connectivity index is 1.77.